The summed E-state index contributed by atoms with van der Waals surface area (Å²) in [5.41, 5.74) is 3.78. The second kappa shape index (κ2) is 6.67. The molecule has 0 N–H and O–H groups in total. The summed E-state index contributed by atoms with van der Waals surface area (Å²) < 4.78 is 2.19. The molecule has 0 aliphatic heterocycles. The van der Waals surface area contributed by atoms with Crippen LogP contribution < -0.4 is 0 Å². The van der Waals surface area contributed by atoms with Gasteiger partial charge in [0.25, 0.3) is 0 Å². The SMILES string of the molecule is CCc1nc2sc3c(c2c2nnc(SCc4ccccc4)n12)CCCC3. The Morgan fingerprint density at radius 3 is 2.81 bits per heavy atom. The van der Waals surface area contributed by atoms with Crippen molar-refractivity contribution in [3.05, 3.63) is 52.2 Å². The third-order valence-electron chi connectivity index (χ3n) is 5.03. The molecule has 0 atom stereocenters. The van der Waals surface area contributed by atoms with Crippen LogP contribution in [0.1, 0.15) is 41.6 Å². The third-order valence-corrected chi connectivity index (χ3v) is 7.21. The van der Waals surface area contributed by atoms with Crippen LogP contribution in [-0.2, 0) is 25.0 Å². The minimum absolute atomic E-state index is 0.881. The van der Waals surface area contributed by atoms with E-state index in [1.165, 1.54) is 40.7 Å². The fraction of sp³-hybridized carbons (Fsp3) is 0.350. The van der Waals surface area contributed by atoms with Crippen LogP contribution in [0.4, 0.5) is 0 Å². The van der Waals surface area contributed by atoms with Gasteiger partial charge in [-0.05, 0) is 36.8 Å². The number of nitrogens with zero attached hydrogens (tertiary/aromatic N) is 4. The van der Waals surface area contributed by atoms with E-state index in [0.29, 0.717) is 0 Å². The molecule has 4 nitrogen and oxygen atoms in total. The summed E-state index contributed by atoms with van der Waals surface area (Å²) in [5, 5.41) is 11.3. The quantitative estimate of drug-likeness (QED) is 0.464. The average Bonchev–Trinajstić information content (AvgIpc) is 3.27. The van der Waals surface area contributed by atoms with E-state index in [9.17, 15) is 0 Å². The van der Waals surface area contributed by atoms with Gasteiger partial charge in [0.1, 0.15) is 10.7 Å². The smallest absolute Gasteiger partial charge is 0.197 e. The van der Waals surface area contributed by atoms with E-state index in [0.717, 1.165) is 40.1 Å². The molecule has 6 heteroatoms. The number of benzene rings is 1. The first-order valence-electron chi connectivity index (χ1n) is 9.20. The Morgan fingerprint density at radius 1 is 1.12 bits per heavy atom. The van der Waals surface area contributed by atoms with E-state index in [4.69, 9.17) is 4.98 Å². The maximum absolute atomic E-state index is 5.00. The second-order valence-electron chi connectivity index (χ2n) is 6.69. The van der Waals surface area contributed by atoms with E-state index in [1.54, 1.807) is 11.8 Å². The van der Waals surface area contributed by atoms with Crippen molar-refractivity contribution in [2.75, 3.05) is 0 Å². The molecule has 0 saturated carbocycles. The van der Waals surface area contributed by atoms with Crippen LogP contribution in [0.25, 0.3) is 15.9 Å². The lowest BCUT2D eigenvalue weighted by molar-refractivity contribution is 0.700. The van der Waals surface area contributed by atoms with Gasteiger partial charge < -0.3 is 0 Å². The Labute approximate surface area is 160 Å². The molecule has 26 heavy (non-hydrogen) atoms. The van der Waals surface area contributed by atoms with Gasteiger partial charge in [0.2, 0.25) is 0 Å². The van der Waals surface area contributed by atoms with Crippen LogP contribution in [0.3, 0.4) is 0 Å². The molecule has 0 amide bonds. The normalized spacial score (nSPS) is 14.2. The molecule has 5 rings (SSSR count). The van der Waals surface area contributed by atoms with Gasteiger partial charge in [-0.15, -0.1) is 21.5 Å². The minimum Gasteiger partial charge on any atom is -0.257 e. The zero-order valence-corrected chi connectivity index (χ0v) is 16.4. The molecule has 0 radical (unpaired) electrons. The Balaban J connectivity index is 1.64. The van der Waals surface area contributed by atoms with E-state index in [-0.39, 0.29) is 0 Å². The number of fused-ring (bicyclic) bond motifs is 5. The van der Waals surface area contributed by atoms with Crippen molar-refractivity contribution in [3.63, 3.8) is 0 Å². The molecule has 0 saturated heterocycles. The zero-order valence-electron chi connectivity index (χ0n) is 14.7. The van der Waals surface area contributed by atoms with Crippen molar-refractivity contribution in [1.82, 2.24) is 19.6 Å². The predicted molar refractivity (Wildman–Crippen MR) is 108 cm³/mol. The van der Waals surface area contributed by atoms with Crippen LogP contribution in [0.15, 0.2) is 35.5 Å². The van der Waals surface area contributed by atoms with E-state index >= 15 is 0 Å². The summed E-state index contributed by atoms with van der Waals surface area (Å²) in [7, 11) is 0. The van der Waals surface area contributed by atoms with Crippen molar-refractivity contribution in [2.24, 2.45) is 0 Å². The molecular formula is C20H20N4S2. The standard InChI is InChI=1S/C20H20N4S2/c1-2-16-21-19-17(14-10-6-7-11-15(14)26-19)18-22-23-20(24(16)18)25-12-13-8-4-3-5-9-13/h3-5,8-9H,2,6-7,10-12H2,1H3. The Bertz CT molecular complexity index is 1080. The molecule has 4 aromatic rings. The van der Waals surface area contributed by atoms with Crippen LogP contribution >= 0.6 is 23.1 Å². The molecule has 3 aromatic heterocycles. The summed E-state index contributed by atoms with van der Waals surface area (Å²) in [6, 6.07) is 10.5. The van der Waals surface area contributed by atoms with Crippen LogP contribution in [0, 0.1) is 0 Å². The molecule has 1 aromatic carbocycles. The van der Waals surface area contributed by atoms with Crippen LogP contribution in [0.2, 0.25) is 0 Å². The molecule has 3 heterocycles. The summed E-state index contributed by atoms with van der Waals surface area (Å²) in [5.74, 6) is 1.96. The first-order valence-corrected chi connectivity index (χ1v) is 11.0. The topological polar surface area (TPSA) is 43.1 Å². The number of aryl methyl sites for hydroxylation is 3. The fourth-order valence-corrected chi connectivity index (χ4v) is 5.93. The molecule has 0 fully saturated rings. The van der Waals surface area contributed by atoms with Gasteiger partial charge in [-0.25, -0.2) is 4.98 Å². The number of aromatic nitrogens is 4. The first kappa shape index (κ1) is 16.3. The number of hydrogen-bond acceptors (Lipinski definition) is 5. The van der Waals surface area contributed by atoms with Crippen molar-refractivity contribution < 1.29 is 0 Å². The van der Waals surface area contributed by atoms with E-state index in [2.05, 4.69) is 51.9 Å². The van der Waals surface area contributed by atoms with E-state index in [1.807, 2.05) is 11.3 Å². The lowest BCUT2D eigenvalue weighted by atomic mass is 9.97. The highest BCUT2D eigenvalue weighted by atomic mass is 32.2. The largest absolute Gasteiger partial charge is 0.257 e. The molecule has 0 spiro atoms. The number of hydrogen-bond donors (Lipinski definition) is 0. The van der Waals surface area contributed by atoms with Crippen molar-refractivity contribution in [1.29, 1.82) is 0 Å². The monoisotopic (exact) mass is 380 g/mol. The van der Waals surface area contributed by atoms with Crippen LogP contribution in [0.5, 0.6) is 0 Å². The maximum Gasteiger partial charge on any atom is 0.197 e. The summed E-state index contributed by atoms with van der Waals surface area (Å²) in [4.78, 5) is 7.66. The molecule has 132 valence electrons. The van der Waals surface area contributed by atoms with Gasteiger partial charge in [-0.2, -0.15) is 0 Å². The number of thioether (sulfide) groups is 1. The first-order chi connectivity index (χ1) is 12.8. The Hall–Kier alpha value is -1.92. The van der Waals surface area contributed by atoms with Gasteiger partial charge in [-0.1, -0.05) is 49.0 Å². The average molecular weight is 381 g/mol. The van der Waals surface area contributed by atoms with Crippen molar-refractivity contribution in [3.8, 4) is 0 Å². The number of thiophene rings is 1. The predicted octanol–water partition coefficient (Wildman–Crippen LogP) is 5.07. The van der Waals surface area contributed by atoms with Crippen LogP contribution in [-0.4, -0.2) is 19.6 Å². The molecule has 1 aliphatic carbocycles. The van der Waals surface area contributed by atoms with Gasteiger partial charge in [-0.3, -0.25) is 4.40 Å². The van der Waals surface area contributed by atoms with Gasteiger partial charge >= 0.3 is 0 Å². The summed E-state index contributed by atoms with van der Waals surface area (Å²) in [6.45, 7) is 2.16. The van der Waals surface area contributed by atoms with Gasteiger partial charge in [0.15, 0.2) is 10.8 Å². The number of rotatable bonds is 4. The van der Waals surface area contributed by atoms with Crippen molar-refractivity contribution >= 4 is 39.0 Å². The highest BCUT2D eigenvalue weighted by molar-refractivity contribution is 7.98. The Morgan fingerprint density at radius 2 is 1.96 bits per heavy atom. The molecule has 0 bridgehead atoms. The maximum atomic E-state index is 5.00. The lowest BCUT2D eigenvalue weighted by Gasteiger charge is -2.11. The summed E-state index contributed by atoms with van der Waals surface area (Å²) in [6.07, 6.45) is 5.78. The zero-order chi connectivity index (χ0) is 17.5. The van der Waals surface area contributed by atoms with Gasteiger partial charge in [0.05, 0.1) is 5.39 Å². The molecular weight excluding hydrogens is 360 g/mol. The van der Waals surface area contributed by atoms with E-state index < -0.39 is 0 Å². The lowest BCUT2D eigenvalue weighted by Crippen LogP contribution is -2.03. The molecule has 0 unspecified atom stereocenters. The fourth-order valence-electron chi connectivity index (χ4n) is 3.75. The second-order valence-corrected chi connectivity index (χ2v) is 8.71. The summed E-state index contributed by atoms with van der Waals surface area (Å²) >= 11 is 3.61. The minimum atomic E-state index is 0.881. The highest BCUT2D eigenvalue weighted by Crippen LogP contribution is 2.38. The Kier molecular flexibility index (Phi) is 4.17. The van der Waals surface area contributed by atoms with Gasteiger partial charge in [0, 0.05) is 17.1 Å². The molecule has 1 aliphatic rings. The van der Waals surface area contributed by atoms with Crippen molar-refractivity contribution in [2.45, 2.75) is 49.9 Å². The third kappa shape index (κ3) is 2.63. The highest BCUT2D eigenvalue weighted by Gasteiger charge is 2.23.